The van der Waals surface area contributed by atoms with Crippen LogP contribution < -0.4 is 16.0 Å². The second kappa shape index (κ2) is 13.4. The van der Waals surface area contributed by atoms with Crippen LogP contribution in [0.5, 0.6) is 0 Å². The lowest BCUT2D eigenvalue weighted by Gasteiger charge is -2.15. The highest BCUT2D eigenvalue weighted by atomic mass is 16.3. The predicted octanol–water partition coefficient (Wildman–Crippen LogP) is 1.25. The summed E-state index contributed by atoms with van der Waals surface area (Å²) in [6, 6.07) is 0.169. The number of aliphatic imine (C=N–C) groups is 1. The molecule has 0 aromatic rings. The molecule has 1 atom stereocenters. The molecule has 0 radical (unpaired) electrons. The summed E-state index contributed by atoms with van der Waals surface area (Å²) in [6.45, 7) is 10.3. The zero-order valence-corrected chi connectivity index (χ0v) is 14.6. The molecule has 0 heterocycles. The van der Waals surface area contributed by atoms with E-state index in [4.69, 9.17) is 5.11 Å². The first kappa shape index (κ1) is 20.7. The third-order valence-electron chi connectivity index (χ3n) is 3.18. The van der Waals surface area contributed by atoms with Crippen LogP contribution in [0.3, 0.4) is 0 Å². The fourth-order valence-electron chi connectivity index (χ4n) is 2.17. The van der Waals surface area contributed by atoms with Crippen LogP contribution in [-0.2, 0) is 4.79 Å². The van der Waals surface area contributed by atoms with Crippen LogP contribution in [0, 0.1) is 5.92 Å². The van der Waals surface area contributed by atoms with Crippen LogP contribution >= 0.6 is 0 Å². The van der Waals surface area contributed by atoms with Crippen molar-refractivity contribution in [3.05, 3.63) is 0 Å². The van der Waals surface area contributed by atoms with Crippen LogP contribution in [0.15, 0.2) is 4.99 Å². The normalized spacial score (nSPS) is 13.1. The van der Waals surface area contributed by atoms with Crippen LogP contribution in [-0.4, -0.2) is 49.3 Å². The molecule has 0 aliphatic heterocycles. The summed E-state index contributed by atoms with van der Waals surface area (Å²) in [5, 5.41) is 18.3. The van der Waals surface area contributed by atoms with Crippen molar-refractivity contribution in [2.45, 2.75) is 59.4 Å². The highest BCUT2D eigenvalue weighted by Crippen LogP contribution is 2.10. The Morgan fingerprint density at radius 2 is 1.91 bits per heavy atom. The lowest BCUT2D eigenvalue weighted by molar-refractivity contribution is -0.121. The average Bonchev–Trinajstić information content (AvgIpc) is 2.44. The summed E-state index contributed by atoms with van der Waals surface area (Å²) in [6.07, 6.45) is 3.38. The quantitative estimate of drug-likeness (QED) is 0.342. The minimum Gasteiger partial charge on any atom is -0.396 e. The second-order valence-corrected chi connectivity index (χ2v) is 5.79. The van der Waals surface area contributed by atoms with Gasteiger partial charge in [-0.3, -0.25) is 9.79 Å². The number of rotatable bonds is 11. The third kappa shape index (κ3) is 11.4. The number of amides is 1. The number of hydrogen-bond acceptors (Lipinski definition) is 3. The van der Waals surface area contributed by atoms with Gasteiger partial charge in [0.2, 0.25) is 5.91 Å². The molecule has 1 amide bonds. The molecule has 0 aliphatic carbocycles. The first-order valence-electron chi connectivity index (χ1n) is 8.45. The van der Waals surface area contributed by atoms with Crippen LogP contribution in [0.4, 0.5) is 0 Å². The Morgan fingerprint density at radius 1 is 1.18 bits per heavy atom. The molecule has 0 saturated heterocycles. The smallest absolute Gasteiger partial charge is 0.221 e. The van der Waals surface area contributed by atoms with E-state index in [-0.39, 0.29) is 18.6 Å². The number of carbonyl (C=O) groups excluding carboxylic acids is 1. The van der Waals surface area contributed by atoms with E-state index in [9.17, 15) is 4.79 Å². The Labute approximate surface area is 135 Å². The summed E-state index contributed by atoms with van der Waals surface area (Å²) in [5.74, 6) is 1.19. The van der Waals surface area contributed by atoms with E-state index in [0.717, 1.165) is 31.8 Å². The Morgan fingerprint density at radius 3 is 2.45 bits per heavy atom. The molecular weight excluding hydrogens is 280 g/mol. The minimum atomic E-state index is 0.0440. The molecule has 0 rings (SSSR count). The van der Waals surface area contributed by atoms with Gasteiger partial charge in [-0.2, -0.15) is 0 Å². The number of nitrogens with zero attached hydrogens (tertiary/aromatic N) is 1. The van der Waals surface area contributed by atoms with E-state index >= 15 is 0 Å². The van der Waals surface area contributed by atoms with E-state index in [0.29, 0.717) is 25.4 Å². The fraction of sp³-hybridized carbons (Fsp3) is 0.875. The topological polar surface area (TPSA) is 85.8 Å². The number of nitrogens with one attached hydrogen (secondary N) is 3. The standard InChI is InChI=1S/C16H34N4O2/c1-5-7-14(9-11-21)12-19-16(17-6-2)18-10-8-15(22)20-13(3)4/h13-14,21H,5-12H2,1-4H3,(H,20,22)(H2,17,18,19). The largest absolute Gasteiger partial charge is 0.396 e. The summed E-state index contributed by atoms with van der Waals surface area (Å²) in [4.78, 5) is 16.2. The molecule has 6 nitrogen and oxygen atoms in total. The van der Waals surface area contributed by atoms with Crippen molar-refractivity contribution in [2.75, 3.05) is 26.2 Å². The van der Waals surface area contributed by atoms with Crippen molar-refractivity contribution in [1.29, 1.82) is 0 Å². The molecule has 0 spiro atoms. The minimum absolute atomic E-state index is 0.0440. The molecule has 0 saturated carbocycles. The van der Waals surface area contributed by atoms with Crippen molar-refractivity contribution in [3.8, 4) is 0 Å². The predicted molar refractivity (Wildman–Crippen MR) is 92.0 cm³/mol. The van der Waals surface area contributed by atoms with Crippen molar-refractivity contribution in [1.82, 2.24) is 16.0 Å². The van der Waals surface area contributed by atoms with Gasteiger partial charge < -0.3 is 21.1 Å². The van der Waals surface area contributed by atoms with Crippen molar-refractivity contribution in [3.63, 3.8) is 0 Å². The molecule has 0 bridgehead atoms. The summed E-state index contributed by atoms with van der Waals surface area (Å²) in [7, 11) is 0. The van der Waals surface area contributed by atoms with Gasteiger partial charge in [0, 0.05) is 38.7 Å². The van der Waals surface area contributed by atoms with Gasteiger partial charge in [-0.15, -0.1) is 0 Å². The fourth-order valence-corrected chi connectivity index (χ4v) is 2.17. The molecular formula is C16H34N4O2. The maximum atomic E-state index is 11.6. The highest BCUT2D eigenvalue weighted by molar-refractivity contribution is 5.81. The van der Waals surface area contributed by atoms with Gasteiger partial charge >= 0.3 is 0 Å². The molecule has 0 fully saturated rings. The van der Waals surface area contributed by atoms with E-state index in [1.807, 2.05) is 20.8 Å². The molecule has 0 aromatic carbocycles. The monoisotopic (exact) mass is 314 g/mol. The maximum absolute atomic E-state index is 11.6. The van der Waals surface area contributed by atoms with Gasteiger partial charge in [0.15, 0.2) is 5.96 Å². The Kier molecular flexibility index (Phi) is 12.6. The van der Waals surface area contributed by atoms with Gasteiger partial charge in [-0.25, -0.2) is 0 Å². The van der Waals surface area contributed by atoms with Crippen molar-refractivity contribution in [2.24, 2.45) is 10.9 Å². The molecule has 1 unspecified atom stereocenters. The lowest BCUT2D eigenvalue weighted by atomic mass is 10.0. The molecule has 0 aromatic heterocycles. The van der Waals surface area contributed by atoms with Gasteiger partial charge in [0.05, 0.1) is 0 Å². The molecule has 130 valence electrons. The number of aliphatic hydroxyl groups is 1. The van der Waals surface area contributed by atoms with Crippen LogP contribution in [0.2, 0.25) is 0 Å². The molecule has 6 heteroatoms. The molecule has 22 heavy (non-hydrogen) atoms. The van der Waals surface area contributed by atoms with Crippen molar-refractivity contribution >= 4 is 11.9 Å². The zero-order valence-electron chi connectivity index (χ0n) is 14.6. The zero-order chi connectivity index (χ0) is 16.8. The van der Waals surface area contributed by atoms with Crippen LogP contribution in [0.1, 0.15) is 53.4 Å². The van der Waals surface area contributed by atoms with E-state index in [2.05, 4.69) is 27.9 Å². The van der Waals surface area contributed by atoms with Crippen molar-refractivity contribution < 1.29 is 9.90 Å². The van der Waals surface area contributed by atoms with Gasteiger partial charge in [0.25, 0.3) is 0 Å². The lowest BCUT2D eigenvalue weighted by Crippen LogP contribution is -2.40. The number of carbonyl (C=O) groups is 1. The third-order valence-corrected chi connectivity index (χ3v) is 3.18. The first-order chi connectivity index (χ1) is 10.5. The summed E-state index contributed by atoms with van der Waals surface area (Å²) < 4.78 is 0. The Bertz CT molecular complexity index is 313. The second-order valence-electron chi connectivity index (χ2n) is 5.79. The van der Waals surface area contributed by atoms with Crippen LogP contribution in [0.25, 0.3) is 0 Å². The average molecular weight is 314 g/mol. The first-order valence-corrected chi connectivity index (χ1v) is 8.45. The van der Waals surface area contributed by atoms with E-state index in [1.54, 1.807) is 0 Å². The number of hydrogen-bond donors (Lipinski definition) is 4. The SMILES string of the molecule is CCCC(CCO)CN=C(NCC)NCCC(=O)NC(C)C. The maximum Gasteiger partial charge on any atom is 0.221 e. The van der Waals surface area contributed by atoms with E-state index in [1.165, 1.54) is 0 Å². The Balaban J connectivity index is 4.26. The van der Waals surface area contributed by atoms with Gasteiger partial charge in [-0.05, 0) is 39.5 Å². The molecule has 0 aliphatic rings. The number of guanidine groups is 1. The van der Waals surface area contributed by atoms with Gasteiger partial charge in [-0.1, -0.05) is 13.3 Å². The van der Waals surface area contributed by atoms with Gasteiger partial charge in [0.1, 0.15) is 0 Å². The summed E-state index contributed by atoms with van der Waals surface area (Å²) in [5.41, 5.74) is 0. The number of aliphatic hydroxyl groups excluding tert-OH is 1. The Hall–Kier alpha value is -1.30. The van der Waals surface area contributed by atoms with E-state index < -0.39 is 0 Å². The highest BCUT2D eigenvalue weighted by Gasteiger charge is 2.08. The summed E-state index contributed by atoms with van der Waals surface area (Å²) >= 11 is 0. The molecule has 4 N–H and O–H groups in total.